The van der Waals surface area contributed by atoms with Gasteiger partial charge in [0, 0.05) is 18.2 Å². The van der Waals surface area contributed by atoms with Crippen molar-refractivity contribution in [1.82, 2.24) is 4.90 Å². The molecule has 4 rings (SSSR count). The highest BCUT2D eigenvalue weighted by atomic mass is 16.7. The summed E-state index contributed by atoms with van der Waals surface area (Å²) < 4.78 is 16.8. The molecule has 2 heterocycles. The molecule has 1 aromatic carbocycles. The Morgan fingerprint density at radius 3 is 2.69 bits per heavy atom. The third-order valence-electron chi connectivity index (χ3n) is 5.18. The Morgan fingerprint density at radius 2 is 1.96 bits per heavy atom. The average molecular weight is 361 g/mol. The Labute approximate surface area is 156 Å². The molecule has 0 aromatic heterocycles. The number of benzene rings is 1. The normalized spacial score (nSPS) is 23.3. The van der Waals surface area contributed by atoms with Crippen molar-refractivity contribution in [3.05, 3.63) is 23.3 Å². The quantitative estimate of drug-likeness (QED) is 0.680. The Bertz CT molecular complexity index is 665. The molecule has 1 aliphatic carbocycles. The highest BCUT2D eigenvalue weighted by Crippen LogP contribution is 2.44. The maximum Gasteiger partial charge on any atom is 0.410 e. The summed E-state index contributed by atoms with van der Waals surface area (Å²) in [5, 5.41) is 0. The molecule has 1 saturated heterocycles. The number of likely N-dealkylation sites (tertiary alicyclic amines) is 1. The molecule has 5 nitrogen and oxygen atoms in total. The van der Waals surface area contributed by atoms with Crippen LogP contribution in [0.3, 0.4) is 0 Å². The van der Waals surface area contributed by atoms with E-state index in [9.17, 15) is 4.79 Å². The Morgan fingerprint density at radius 1 is 1.19 bits per heavy atom. The van der Waals surface area contributed by atoms with Crippen molar-refractivity contribution >= 4 is 6.09 Å². The largest absolute Gasteiger partial charge is 0.454 e. The fraction of sp³-hybridized carbons (Fsp3) is 0.667. The summed E-state index contributed by atoms with van der Waals surface area (Å²) in [6.45, 7) is 10.9. The Balaban J connectivity index is 0.000000948. The molecule has 0 spiro atoms. The summed E-state index contributed by atoms with van der Waals surface area (Å²) in [4.78, 5) is 14.6. The van der Waals surface area contributed by atoms with Crippen molar-refractivity contribution in [2.75, 3.05) is 13.3 Å². The van der Waals surface area contributed by atoms with Crippen LogP contribution < -0.4 is 9.47 Å². The van der Waals surface area contributed by atoms with E-state index in [1.54, 1.807) is 0 Å². The smallest absolute Gasteiger partial charge is 0.410 e. The van der Waals surface area contributed by atoms with Gasteiger partial charge in [0.05, 0.1) is 0 Å². The van der Waals surface area contributed by atoms with Crippen LogP contribution in [-0.4, -0.2) is 36.0 Å². The van der Waals surface area contributed by atoms with E-state index in [0.717, 1.165) is 43.7 Å². The fourth-order valence-electron chi connectivity index (χ4n) is 4.17. The molecule has 5 heteroatoms. The zero-order valence-electron chi connectivity index (χ0n) is 16.6. The summed E-state index contributed by atoms with van der Waals surface area (Å²) >= 11 is 0. The van der Waals surface area contributed by atoms with Gasteiger partial charge in [-0.1, -0.05) is 19.9 Å². The summed E-state index contributed by atoms with van der Waals surface area (Å²) in [5.41, 5.74) is 2.09. The van der Waals surface area contributed by atoms with Gasteiger partial charge in [-0.15, -0.1) is 0 Å². The molecular weight excluding hydrogens is 330 g/mol. The molecule has 0 N–H and O–H groups in total. The van der Waals surface area contributed by atoms with Gasteiger partial charge in [0.15, 0.2) is 11.5 Å². The molecular formula is C21H31NO4. The first-order valence-corrected chi connectivity index (χ1v) is 9.82. The zero-order valence-corrected chi connectivity index (χ0v) is 16.6. The van der Waals surface area contributed by atoms with Crippen LogP contribution in [0.1, 0.15) is 58.6 Å². The minimum absolute atomic E-state index is 0.179. The Hall–Kier alpha value is -1.91. The van der Waals surface area contributed by atoms with Crippen LogP contribution in [0.5, 0.6) is 11.5 Å². The lowest BCUT2D eigenvalue weighted by atomic mass is 9.75. The van der Waals surface area contributed by atoms with Crippen LogP contribution in [0, 0.1) is 5.92 Å². The van der Waals surface area contributed by atoms with E-state index in [-0.39, 0.29) is 12.1 Å². The molecule has 2 unspecified atom stereocenters. The zero-order chi connectivity index (χ0) is 18.9. The van der Waals surface area contributed by atoms with Crippen molar-refractivity contribution in [3.8, 4) is 11.5 Å². The monoisotopic (exact) mass is 361 g/mol. The van der Waals surface area contributed by atoms with E-state index in [2.05, 4.69) is 6.07 Å². The van der Waals surface area contributed by atoms with Gasteiger partial charge in [-0.3, -0.25) is 0 Å². The molecule has 26 heavy (non-hydrogen) atoms. The van der Waals surface area contributed by atoms with E-state index >= 15 is 0 Å². The van der Waals surface area contributed by atoms with Crippen molar-refractivity contribution in [2.45, 2.75) is 71.9 Å². The predicted molar refractivity (Wildman–Crippen MR) is 101 cm³/mol. The minimum Gasteiger partial charge on any atom is -0.454 e. The molecule has 0 radical (unpaired) electrons. The van der Waals surface area contributed by atoms with Gasteiger partial charge in [-0.2, -0.15) is 0 Å². The first kappa shape index (κ1) is 18.9. The molecule has 0 saturated carbocycles. The average Bonchev–Trinajstić information content (AvgIpc) is 3.09. The van der Waals surface area contributed by atoms with Gasteiger partial charge in [0.2, 0.25) is 6.79 Å². The van der Waals surface area contributed by atoms with Gasteiger partial charge in [0.1, 0.15) is 5.60 Å². The second-order valence-electron chi connectivity index (χ2n) is 7.99. The fourth-order valence-corrected chi connectivity index (χ4v) is 4.17. The number of carbonyl (C=O) groups excluding carboxylic acids is 1. The van der Waals surface area contributed by atoms with Gasteiger partial charge in [0.25, 0.3) is 0 Å². The molecule has 1 aromatic rings. The lowest BCUT2D eigenvalue weighted by molar-refractivity contribution is -0.00142. The number of carbonyl (C=O) groups is 1. The van der Waals surface area contributed by atoms with E-state index in [1.165, 1.54) is 11.1 Å². The molecule has 2 aliphatic heterocycles. The summed E-state index contributed by atoms with van der Waals surface area (Å²) in [7, 11) is 0. The summed E-state index contributed by atoms with van der Waals surface area (Å²) in [5.74, 6) is 2.24. The summed E-state index contributed by atoms with van der Waals surface area (Å²) in [6, 6.07) is 4.34. The van der Waals surface area contributed by atoms with E-state index in [1.807, 2.05) is 45.6 Å². The van der Waals surface area contributed by atoms with Gasteiger partial charge in [-0.05, 0) is 64.0 Å². The second kappa shape index (κ2) is 7.37. The maximum atomic E-state index is 12.6. The van der Waals surface area contributed by atoms with E-state index in [4.69, 9.17) is 14.2 Å². The molecule has 1 fully saturated rings. The second-order valence-corrected chi connectivity index (χ2v) is 7.99. The number of ether oxygens (including phenoxy) is 3. The van der Waals surface area contributed by atoms with Crippen molar-refractivity contribution in [3.63, 3.8) is 0 Å². The highest BCUT2D eigenvalue weighted by Gasteiger charge is 2.41. The highest BCUT2D eigenvalue weighted by molar-refractivity contribution is 5.69. The lowest BCUT2D eigenvalue weighted by Crippen LogP contribution is -2.53. The van der Waals surface area contributed by atoms with Gasteiger partial charge >= 0.3 is 6.09 Å². The molecule has 144 valence electrons. The lowest BCUT2D eigenvalue weighted by Gasteiger charge is -2.44. The molecule has 3 aliphatic rings. The molecule has 0 bridgehead atoms. The van der Waals surface area contributed by atoms with Crippen LogP contribution in [-0.2, 0) is 17.6 Å². The number of fused-ring (bicyclic) bond motifs is 4. The van der Waals surface area contributed by atoms with Gasteiger partial charge < -0.3 is 19.1 Å². The van der Waals surface area contributed by atoms with Crippen molar-refractivity contribution in [2.24, 2.45) is 5.92 Å². The SMILES string of the molecule is CC.CC(C)(C)OC(=O)N1CCCC2Cc3c(ccc4c3OCO4)CC21. The number of hydrogen-bond acceptors (Lipinski definition) is 4. The van der Waals surface area contributed by atoms with Crippen LogP contribution >= 0.6 is 0 Å². The third-order valence-corrected chi connectivity index (χ3v) is 5.18. The van der Waals surface area contributed by atoms with E-state index < -0.39 is 5.60 Å². The minimum atomic E-state index is -0.456. The summed E-state index contributed by atoms with van der Waals surface area (Å²) in [6.07, 6.45) is 3.82. The van der Waals surface area contributed by atoms with Crippen LogP contribution in [0.25, 0.3) is 0 Å². The number of piperidine rings is 1. The van der Waals surface area contributed by atoms with Crippen molar-refractivity contribution < 1.29 is 19.0 Å². The number of hydrogen-bond donors (Lipinski definition) is 0. The molecule has 1 amide bonds. The first-order chi connectivity index (χ1) is 12.4. The van der Waals surface area contributed by atoms with Crippen LogP contribution in [0.4, 0.5) is 4.79 Å². The number of rotatable bonds is 0. The standard InChI is InChI=1S/C19H25NO4.C2H6/c1-19(2,3)24-18(21)20-8-4-5-13-9-14-12(10-15(13)20)6-7-16-17(14)23-11-22-16;1-2/h6-7,13,15H,4-5,8-11H2,1-3H3;1-2H3. The molecule has 2 atom stereocenters. The van der Waals surface area contributed by atoms with Crippen molar-refractivity contribution in [1.29, 1.82) is 0 Å². The topological polar surface area (TPSA) is 48.0 Å². The van der Waals surface area contributed by atoms with Gasteiger partial charge in [-0.25, -0.2) is 4.79 Å². The first-order valence-electron chi connectivity index (χ1n) is 9.82. The van der Waals surface area contributed by atoms with Crippen LogP contribution in [0.2, 0.25) is 0 Å². The Kier molecular flexibility index (Phi) is 5.35. The van der Waals surface area contributed by atoms with E-state index in [0.29, 0.717) is 12.7 Å². The third kappa shape index (κ3) is 3.62. The predicted octanol–water partition coefficient (Wildman–Crippen LogP) is 4.56. The number of amides is 1. The maximum absolute atomic E-state index is 12.6. The van der Waals surface area contributed by atoms with Crippen LogP contribution in [0.15, 0.2) is 12.1 Å². The number of nitrogens with zero attached hydrogens (tertiary/aromatic N) is 1.